The monoisotopic (exact) mass is 151 g/mol. The molecule has 0 saturated heterocycles. The Morgan fingerprint density at radius 2 is 2.12 bits per heavy atom. The molecule has 0 aromatic carbocycles. The van der Waals surface area contributed by atoms with Gasteiger partial charge < -0.3 is 0 Å². The second-order valence-electron chi connectivity index (χ2n) is 1.53. The summed E-state index contributed by atoms with van der Waals surface area (Å²) >= 11 is 10.9. The average molecular weight is 152 g/mol. The lowest BCUT2D eigenvalue weighted by Gasteiger charge is -2.00. The summed E-state index contributed by atoms with van der Waals surface area (Å²) in [6.45, 7) is 8.41. The molecule has 0 atom stereocenters. The highest BCUT2D eigenvalue weighted by Gasteiger charge is 2.27. The first-order valence-electron chi connectivity index (χ1n) is 2.39. The van der Waals surface area contributed by atoms with Crippen molar-refractivity contribution in [1.82, 2.24) is 0 Å². The van der Waals surface area contributed by atoms with Gasteiger partial charge in [0, 0.05) is 0 Å². The van der Waals surface area contributed by atoms with Crippen LogP contribution < -0.4 is 0 Å². The zero-order chi connectivity index (χ0) is 6.62. The lowest BCUT2D eigenvalue weighted by Crippen LogP contribution is -2.03. The summed E-state index contributed by atoms with van der Waals surface area (Å²) in [7, 11) is 0. The van der Waals surface area contributed by atoms with E-state index in [1.165, 1.54) is 0 Å². The highest BCUT2D eigenvalue weighted by Crippen LogP contribution is 2.27. The Hall–Kier alpha value is 0.0700. The van der Waals surface area contributed by atoms with Crippen molar-refractivity contribution < 1.29 is 0 Å². The Labute approximate surface area is 59.4 Å². The third-order valence-corrected chi connectivity index (χ3v) is 1.26. The zero-order valence-electron chi connectivity index (χ0n) is 4.62. The van der Waals surface area contributed by atoms with Crippen LogP contribution in [0.1, 0.15) is 19.8 Å². The molecular formula is C5H7Cl2N. The molecule has 8 heavy (non-hydrogen) atoms. The van der Waals surface area contributed by atoms with Gasteiger partial charge in [-0.3, -0.25) is 4.85 Å². The number of halogens is 2. The second-order valence-corrected chi connectivity index (χ2v) is 2.97. The van der Waals surface area contributed by atoms with Crippen LogP contribution in [0.5, 0.6) is 0 Å². The normalized spacial score (nSPS) is 10.8. The molecule has 0 aliphatic carbocycles. The Kier molecular flexibility index (Phi) is 3.19. The first-order valence-corrected chi connectivity index (χ1v) is 3.14. The molecule has 0 unspecified atom stereocenters. The van der Waals surface area contributed by atoms with Crippen molar-refractivity contribution in [2.24, 2.45) is 0 Å². The highest BCUT2D eigenvalue weighted by atomic mass is 35.5. The minimum absolute atomic E-state index is 0.541. The van der Waals surface area contributed by atoms with E-state index in [-0.39, 0.29) is 0 Å². The molecule has 0 fully saturated rings. The second kappa shape index (κ2) is 3.17. The molecule has 0 N–H and O–H groups in total. The molecule has 0 aliphatic rings. The molecule has 0 heterocycles. The topological polar surface area (TPSA) is 4.36 Å². The lowest BCUT2D eigenvalue weighted by atomic mass is 10.3. The molecular weight excluding hydrogens is 145 g/mol. The minimum atomic E-state index is -1.17. The summed E-state index contributed by atoms with van der Waals surface area (Å²) < 4.78 is -1.17. The number of nitrogens with zero attached hydrogens (tertiary/aromatic N) is 1. The van der Waals surface area contributed by atoms with Gasteiger partial charge >= 0.3 is 4.46 Å². The van der Waals surface area contributed by atoms with Crippen LogP contribution in [0, 0.1) is 6.57 Å². The van der Waals surface area contributed by atoms with Gasteiger partial charge in [-0.2, -0.15) is 0 Å². The van der Waals surface area contributed by atoms with Crippen molar-refractivity contribution in [1.29, 1.82) is 0 Å². The SMILES string of the molecule is [C-]#[N+]C(Cl)(Cl)CCC. The van der Waals surface area contributed by atoms with E-state index < -0.39 is 4.46 Å². The first-order chi connectivity index (χ1) is 3.62. The van der Waals surface area contributed by atoms with Crippen molar-refractivity contribution >= 4 is 23.2 Å². The molecule has 0 saturated carbocycles. The molecule has 0 aliphatic heterocycles. The Morgan fingerprint density at radius 3 is 2.25 bits per heavy atom. The Bertz CT molecular complexity index is 103. The van der Waals surface area contributed by atoms with Gasteiger partial charge in [-0.15, -0.1) is 0 Å². The summed E-state index contributed by atoms with van der Waals surface area (Å²) in [5.41, 5.74) is 0. The number of hydrogen-bond donors (Lipinski definition) is 0. The molecule has 0 rings (SSSR count). The van der Waals surface area contributed by atoms with E-state index in [2.05, 4.69) is 4.85 Å². The number of alkyl halides is 2. The van der Waals surface area contributed by atoms with E-state index in [4.69, 9.17) is 29.8 Å². The maximum absolute atomic E-state index is 6.47. The van der Waals surface area contributed by atoms with Crippen LogP contribution in [0.25, 0.3) is 4.85 Å². The summed E-state index contributed by atoms with van der Waals surface area (Å²) in [4.78, 5) is 2.99. The van der Waals surface area contributed by atoms with Crippen LogP contribution in [0.2, 0.25) is 0 Å². The maximum Gasteiger partial charge on any atom is 0.382 e. The highest BCUT2D eigenvalue weighted by molar-refractivity contribution is 6.49. The predicted octanol–water partition coefficient (Wildman–Crippen LogP) is 2.84. The molecule has 0 radical (unpaired) electrons. The Balaban J connectivity index is 3.59. The van der Waals surface area contributed by atoms with E-state index in [1.807, 2.05) is 6.92 Å². The molecule has 0 bridgehead atoms. The summed E-state index contributed by atoms with van der Waals surface area (Å²) in [5.74, 6) is 0. The fourth-order valence-corrected chi connectivity index (χ4v) is 0.735. The molecule has 0 spiro atoms. The van der Waals surface area contributed by atoms with Gasteiger partial charge in [0.05, 0.1) is 6.42 Å². The minimum Gasteiger partial charge on any atom is -0.276 e. The predicted molar refractivity (Wildman–Crippen MR) is 35.9 cm³/mol. The third-order valence-electron chi connectivity index (χ3n) is 0.714. The van der Waals surface area contributed by atoms with Gasteiger partial charge in [0.15, 0.2) is 0 Å². The lowest BCUT2D eigenvalue weighted by molar-refractivity contribution is 0.773. The average Bonchev–Trinajstić information content (AvgIpc) is 1.67. The largest absolute Gasteiger partial charge is 0.382 e. The van der Waals surface area contributed by atoms with Crippen molar-refractivity contribution in [3.8, 4) is 0 Å². The van der Waals surface area contributed by atoms with Crippen LogP contribution >= 0.6 is 23.2 Å². The van der Waals surface area contributed by atoms with Gasteiger partial charge in [-0.25, -0.2) is 6.57 Å². The van der Waals surface area contributed by atoms with Gasteiger partial charge in [0.1, 0.15) is 0 Å². The first kappa shape index (κ1) is 8.07. The Morgan fingerprint density at radius 1 is 1.62 bits per heavy atom. The van der Waals surface area contributed by atoms with E-state index >= 15 is 0 Å². The van der Waals surface area contributed by atoms with Gasteiger partial charge in [0.2, 0.25) is 0 Å². The van der Waals surface area contributed by atoms with Crippen molar-refractivity contribution in [2.75, 3.05) is 0 Å². The summed E-state index contributed by atoms with van der Waals surface area (Å²) in [5, 5.41) is 0. The van der Waals surface area contributed by atoms with Crippen LogP contribution in [0.15, 0.2) is 0 Å². The summed E-state index contributed by atoms with van der Waals surface area (Å²) in [6, 6.07) is 0. The van der Waals surface area contributed by atoms with Crippen LogP contribution in [0.4, 0.5) is 0 Å². The van der Waals surface area contributed by atoms with E-state index in [0.29, 0.717) is 6.42 Å². The van der Waals surface area contributed by atoms with E-state index in [0.717, 1.165) is 6.42 Å². The van der Waals surface area contributed by atoms with Crippen molar-refractivity contribution in [3.05, 3.63) is 11.4 Å². The smallest absolute Gasteiger partial charge is 0.276 e. The molecule has 46 valence electrons. The third kappa shape index (κ3) is 3.12. The van der Waals surface area contributed by atoms with Crippen LogP contribution in [-0.4, -0.2) is 4.46 Å². The van der Waals surface area contributed by atoms with E-state index in [9.17, 15) is 0 Å². The molecule has 1 nitrogen and oxygen atoms in total. The number of rotatable bonds is 2. The van der Waals surface area contributed by atoms with Gasteiger partial charge in [-0.05, 0) is 29.6 Å². The number of hydrogen-bond acceptors (Lipinski definition) is 0. The fraction of sp³-hybridized carbons (Fsp3) is 0.800. The quantitative estimate of drug-likeness (QED) is 0.325. The maximum atomic E-state index is 6.47. The van der Waals surface area contributed by atoms with E-state index in [1.54, 1.807) is 0 Å². The van der Waals surface area contributed by atoms with Crippen LogP contribution in [-0.2, 0) is 0 Å². The summed E-state index contributed by atoms with van der Waals surface area (Å²) in [6.07, 6.45) is 1.38. The molecule has 0 amide bonds. The standard InChI is InChI=1S/C5H7Cl2N/c1-3-4-5(6,7)8-2/h3-4H2,1H3. The van der Waals surface area contributed by atoms with Crippen molar-refractivity contribution in [2.45, 2.75) is 24.2 Å². The fourth-order valence-electron chi connectivity index (χ4n) is 0.357. The van der Waals surface area contributed by atoms with Gasteiger partial charge in [0.25, 0.3) is 0 Å². The van der Waals surface area contributed by atoms with Crippen molar-refractivity contribution in [3.63, 3.8) is 0 Å². The van der Waals surface area contributed by atoms with Gasteiger partial charge in [-0.1, -0.05) is 6.92 Å². The zero-order valence-corrected chi connectivity index (χ0v) is 6.13. The molecule has 3 heteroatoms. The molecule has 0 aromatic rings. The molecule has 0 aromatic heterocycles. The van der Waals surface area contributed by atoms with Crippen LogP contribution in [0.3, 0.4) is 0 Å².